The van der Waals surface area contributed by atoms with Crippen LogP contribution in [-0.2, 0) is 9.47 Å². The third-order valence-electron chi connectivity index (χ3n) is 2.33. The van der Waals surface area contributed by atoms with E-state index < -0.39 is 11.9 Å². The summed E-state index contributed by atoms with van der Waals surface area (Å²) in [6.07, 6.45) is 3.06. The Kier molecular flexibility index (Phi) is 9.91. The molecule has 2 aromatic rings. The average molecular weight is 386 g/mol. The number of halogens is 3. The van der Waals surface area contributed by atoms with Crippen LogP contribution in [0.15, 0.2) is 24.5 Å². The number of nitrogens with one attached hydrogen (secondary N) is 1. The van der Waals surface area contributed by atoms with Gasteiger partial charge in [-0.15, -0.1) is 0 Å². The van der Waals surface area contributed by atoms with Gasteiger partial charge in [0.2, 0.25) is 0 Å². The van der Waals surface area contributed by atoms with Gasteiger partial charge in [0.25, 0.3) is 0 Å². The van der Waals surface area contributed by atoms with Crippen molar-refractivity contribution in [3.63, 3.8) is 0 Å². The summed E-state index contributed by atoms with van der Waals surface area (Å²) in [5, 5.41) is 4.64. The minimum Gasteiger partial charge on any atom is -0.464 e. The van der Waals surface area contributed by atoms with E-state index in [1.807, 2.05) is 0 Å². The number of H-pyrrole nitrogens is 1. The molecular weight excluding hydrogens is 371 g/mol. The van der Waals surface area contributed by atoms with Crippen molar-refractivity contribution in [1.29, 1.82) is 0 Å². The molecular formula is C12H15Cl3N4O4. The number of aromatic nitrogens is 2. The van der Waals surface area contributed by atoms with Gasteiger partial charge in [-0.3, -0.25) is 4.68 Å². The number of hydrogen-bond donors (Lipinski definition) is 3. The molecule has 23 heavy (non-hydrogen) atoms. The van der Waals surface area contributed by atoms with Crippen LogP contribution in [0.5, 0.6) is 0 Å². The average Bonchev–Trinajstić information content (AvgIpc) is 3.14. The standard InChI is InChI=1S/C6H7ClN2O2.C6H6ClNO2.ClH2N/c1-11-6(10)5-4(7)2-3-9(5)8;1-10-6(9)5-4(7)2-3-8-5;1-2/h2-3H,8H2,1H3;2-3,8H,1H3;2H2. The molecule has 128 valence electrons. The first-order chi connectivity index (χ1) is 10.9. The lowest BCUT2D eigenvalue weighted by molar-refractivity contribution is 0.0584. The van der Waals surface area contributed by atoms with Crippen LogP contribution in [0.4, 0.5) is 0 Å². The molecule has 0 radical (unpaired) electrons. The van der Waals surface area contributed by atoms with E-state index in [1.165, 1.54) is 26.5 Å². The zero-order chi connectivity index (χ0) is 18.0. The molecule has 0 fully saturated rings. The Balaban J connectivity index is 0.000000381. The zero-order valence-corrected chi connectivity index (χ0v) is 14.4. The molecule has 11 heteroatoms. The molecule has 2 aromatic heterocycles. The molecule has 8 nitrogen and oxygen atoms in total. The van der Waals surface area contributed by atoms with E-state index in [-0.39, 0.29) is 5.69 Å². The lowest BCUT2D eigenvalue weighted by atomic mass is 10.4. The van der Waals surface area contributed by atoms with Gasteiger partial charge in [-0.2, -0.15) is 0 Å². The summed E-state index contributed by atoms with van der Waals surface area (Å²) in [5.41, 5.74) is 0.457. The Bertz CT molecular complexity index is 623. The van der Waals surface area contributed by atoms with Crippen molar-refractivity contribution in [2.45, 2.75) is 0 Å². The van der Waals surface area contributed by atoms with Crippen LogP contribution in [0.3, 0.4) is 0 Å². The van der Waals surface area contributed by atoms with Crippen LogP contribution in [0.25, 0.3) is 0 Å². The van der Waals surface area contributed by atoms with Gasteiger partial charge in [0.15, 0.2) is 5.69 Å². The number of nitrogen functional groups attached to an aromatic ring is 1. The Morgan fingerprint density at radius 2 is 1.65 bits per heavy atom. The third-order valence-corrected chi connectivity index (χ3v) is 2.95. The van der Waals surface area contributed by atoms with E-state index in [2.05, 4.69) is 31.5 Å². The SMILES string of the molecule is COC(=O)c1[nH]ccc1Cl.COC(=O)c1c(Cl)ccn1N.NCl. The predicted molar refractivity (Wildman–Crippen MR) is 88.1 cm³/mol. The predicted octanol–water partition coefficient (Wildman–Crippen LogP) is 2.20. The highest BCUT2D eigenvalue weighted by Crippen LogP contribution is 2.15. The second-order valence-electron chi connectivity index (χ2n) is 3.60. The monoisotopic (exact) mass is 384 g/mol. The van der Waals surface area contributed by atoms with E-state index in [9.17, 15) is 9.59 Å². The molecule has 0 aliphatic heterocycles. The van der Waals surface area contributed by atoms with Gasteiger partial charge in [-0.05, 0) is 23.9 Å². The first-order valence-electron chi connectivity index (χ1n) is 5.75. The van der Waals surface area contributed by atoms with Crippen LogP contribution >= 0.6 is 35.0 Å². The number of hydrogen-bond acceptors (Lipinski definition) is 6. The fourth-order valence-corrected chi connectivity index (χ4v) is 1.76. The molecule has 0 atom stereocenters. The van der Waals surface area contributed by atoms with Crippen molar-refractivity contribution in [2.24, 2.45) is 5.25 Å². The molecule has 0 aromatic carbocycles. The third kappa shape index (κ3) is 6.03. The smallest absolute Gasteiger partial charge is 0.358 e. The molecule has 0 unspecified atom stereocenters. The second-order valence-corrected chi connectivity index (χ2v) is 4.42. The summed E-state index contributed by atoms with van der Waals surface area (Å²) in [4.78, 5) is 24.3. The first kappa shape index (κ1) is 21.1. The molecule has 2 heterocycles. The van der Waals surface area contributed by atoms with Crippen LogP contribution in [0.1, 0.15) is 21.0 Å². The number of carbonyl (C=O) groups excluding carboxylic acids is 2. The quantitative estimate of drug-likeness (QED) is 0.413. The van der Waals surface area contributed by atoms with Crippen LogP contribution in [0.2, 0.25) is 10.0 Å². The molecule has 0 saturated carbocycles. The molecule has 0 saturated heterocycles. The minimum absolute atomic E-state index is 0.161. The number of esters is 2. The van der Waals surface area contributed by atoms with E-state index in [4.69, 9.17) is 29.0 Å². The van der Waals surface area contributed by atoms with Crippen molar-refractivity contribution in [3.05, 3.63) is 46.0 Å². The fourth-order valence-electron chi connectivity index (χ4n) is 1.33. The topological polar surface area (TPSA) is 125 Å². The molecule has 0 aliphatic carbocycles. The van der Waals surface area contributed by atoms with Crippen LogP contribution < -0.4 is 11.1 Å². The Morgan fingerprint density at radius 3 is 2.00 bits per heavy atom. The van der Waals surface area contributed by atoms with Crippen LogP contribution in [-0.4, -0.2) is 35.8 Å². The number of rotatable bonds is 2. The van der Waals surface area contributed by atoms with Gasteiger partial charge in [0.1, 0.15) is 5.69 Å². The van der Waals surface area contributed by atoms with Crippen molar-refractivity contribution in [2.75, 3.05) is 20.1 Å². The van der Waals surface area contributed by atoms with E-state index in [1.54, 1.807) is 12.3 Å². The van der Waals surface area contributed by atoms with Gasteiger partial charge >= 0.3 is 11.9 Å². The first-order valence-corrected chi connectivity index (χ1v) is 6.94. The lowest BCUT2D eigenvalue weighted by Gasteiger charge is -2.00. The van der Waals surface area contributed by atoms with Crippen molar-refractivity contribution < 1.29 is 19.1 Å². The number of methoxy groups -OCH3 is 2. The molecule has 0 bridgehead atoms. The Morgan fingerprint density at radius 1 is 1.09 bits per heavy atom. The van der Waals surface area contributed by atoms with Crippen molar-refractivity contribution in [1.82, 2.24) is 9.66 Å². The van der Waals surface area contributed by atoms with Gasteiger partial charge in [0.05, 0.1) is 24.3 Å². The second kappa shape index (κ2) is 10.8. The number of aromatic amines is 1. The minimum atomic E-state index is -0.539. The summed E-state index contributed by atoms with van der Waals surface area (Å²) in [7, 11) is 2.57. The van der Waals surface area contributed by atoms with E-state index >= 15 is 0 Å². The van der Waals surface area contributed by atoms with Crippen molar-refractivity contribution in [3.8, 4) is 0 Å². The number of carbonyl (C=O) groups is 2. The summed E-state index contributed by atoms with van der Waals surface area (Å²) >= 11 is 15.3. The normalized spacial score (nSPS) is 8.96. The van der Waals surface area contributed by atoms with E-state index in [0.717, 1.165) is 4.68 Å². The van der Waals surface area contributed by atoms with Crippen molar-refractivity contribution >= 4 is 46.9 Å². The van der Waals surface area contributed by atoms with E-state index in [0.29, 0.717) is 15.7 Å². The molecule has 0 spiro atoms. The number of nitrogens with zero attached hydrogens (tertiary/aromatic N) is 1. The number of nitrogens with two attached hydrogens (primary N) is 2. The summed E-state index contributed by atoms with van der Waals surface area (Å²) in [5.74, 6) is 4.36. The fraction of sp³-hybridized carbons (Fsp3) is 0.167. The summed E-state index contributed by atoms with van der Waals surface area (Å²) in [6, 6.07) is 3.11. The maximum atomic E-state index is 10.9. The zero-order valence-electron chi connectivity index (χ0n) is 12.2. The molecule has 0 amide bonds. The maximum Gasteiger partial charge on any atom is 0.358 e. The summed E-state index contributed by atoms with van der Waals surface area (Å²) < 4.78 is 9.97. The lowest BCUT2D eigenvalue weighted by Crippen LogP contribution is -2.16. The Labute approximate surface area is 147 Å². The van der Waals surface area contributed by atoms with Crippen LogP contribution in [0, 0.1) is 0 Å². The highest BCUT2D eigenvalue weighted by molar-refractivity contribution is 6.33. The summed E-state index contributed by atoms with van der Waals surface area (Å²) in [6.45, 7) is 0. The largest absolute Gasteiger partial charge is 0.464 e. The maximum absolute atomic E-state index is 10.9. The molecule has 2 rings (SSSR count). The Hall–Kier alpha value is -1.87. The highest BCUT2D eigenvalue weighted by atomic mass is 35.5. The molecule has 5 N–H and O–H groups in total. The van der Waals surface area contributed by atoms with Gasteiger partial charge < -0.3 is 20.3 Å². The van der Waals surface area contributed by atoms with Gasteiger partial charge in [-0.25, -0.2) is 14.8 Å². The van der Waals surface area contributed by atoms with Gasteiger partial charge in [-0.1, -0.05) is 23.2 Å². The number of ether oxygens (including phenoxy) is 2. The highest BCUT2D eigenvalue weighted by Gasteiger charge is 2.14. The molecule has 0 aliphatic rings. The van der Waals surface area contributed by atoms with Gasteiger partial charge in [0, 0.05) is 12.4 Å².